The molecular formula is C25H34N4O3. The Balaban J connectivity index is 1.44. The average Bonchev–Trinajstić information content (AvgIpc) is 2.78. The maximum Gasteiger partial charge on any atom is 0.137 e. The van der Waals surface area contributed by atoms with Crippen LogP contribution in [0.5, 0.6) is 5.75 Å². The van der Waals surface area contributed by atoms with Gasteiger partial charge in [0, 0.05) is 11.1 Å². The van der Waals surface area contributed by atoms with E-state index in [9.17, 15) is 0 Å². The van der Waals surface area contributed by atoms with Crippen LogP contribution in [-0.4, -0.2) is 41.7 Å². The summed E-state index contributed by atoms with van der Waals surface area (Å²) < 4.78 is 5.61. The molecule has 0 unspecified atom stereocenters. The first kappa shape index (κ1) is 23.7. The Kier molecular flexibility index (Phi) is 8.59. The topological polar surface area (TPSA) is 78.2 Å². The summed E-state index contributed by atoms with van der Waals surface area (Å²) in [6.45, 7) is 9.78. The zero-order valence-electron chi connectivity index (χ0n) is 19.6. The fourth-order valence-corrected chi connectivity index (χ4v) is 3.21. The van der Waals surface area contributed by atoms with Gasteiger partial charge in [-0.1, -0.05) is 43.6 Å². The van der Waals surface area contributed by atoms with E-state index in [1.807, 2.05) is 19.1 Å². The number of oxime groups is 2. The van der Waals surface area contributed by atoms with Crippen molar-refractivity contribution in [2.75, 3.05) is 19.8 Å². The van der Waals surface area contributed by atoms with Gasteiger partial charge >= 0.3 is 0 Å². The molecule has 0 N–H and O–H groups in total. The third-order valence-corrected chi connectivity index (χ3v) is 5.12. The molecule has 172 valence electrons. The Morgan fingerprint density at radius 1 is 1.09 bits per heavy atom. The Bertz CT molecular complexity index is 923. The van der Waals surface area contributed by atoms with Gasteiger partial charge in [-0.25, -0.2) is 0 Å². The molecule has 0 spiro atoms. The van der Waals surface area contributed by atoms with Gasteiger partial charge in [0.25, 0.3) is 0 Å². The maximum atomic E-state index is 5.69. The highest BCUT2D eigenvalue weighted by molar-refractivity contribution is 6.00. The summed E-state index contributed by atoms with van der Waals surface area (Å²) in [6.07, 6.45) is 8.44. The van der Waals surface area contributed by atoms with Crippen LogP contribution < -0.4 is 4.74 Å². The van der Waals surface area contributed by atoms with Gasteiger partial charge in [0.2, 0.25) is 0 Å². The molecule has 0 fully saturated rings. The van der Waals surface area contributed by atoms with E-state index in [0.29, 0.717) is 25.5 Å². The van der Waals surface area contributed by atoms with E-state index in [1.165, 1.54) is 5.56 Å². The third kappa shape index (κ3) is 7.32. The number of pyridine rings is 2. The van der Waals surface area contributed by atoms with Crippen molar-refractivity contribution in [3.05, 3.63) is 53.1 Å². The van der Waals surface area contributed by atoms with Gasteiger partial charge in [-0.2, -0.15) is 0 Å². The lowest BCUT2D eigenvalue weighted by molar-refractivity contribution is 0.000295. The van der Waals surface area contributed by atoms with Crippen LogP contribution in [0.25, 0.3) is 0 Å². The predicted molar refractivity (Wildman–Crippen MR) is 126 cm³/mol. The molecule has 0 aromatic carbocycles. The second-order valence-corrected chi connectivity index (χ2v) is 8.92. The molecule has 0 radical (unpaired) electrons. The smallest absolute Gasteiger partial charge is 0.137 e. The molecule has 2 heterocycles. The molecular weight excluding hydrogens is 404 g/mol. The van der Waals surface area contributed by atoms with Crippen molar-refractivity contribution < 1.29 is 14.4 Å². The lowest BCUT2D eigenvalue weighted by Gasteiger charge is -2.22. The molecule has 3 rings (SSSR count). The largest absolute Gasteiger partial charge is 0.492 e. The average molecular weight is 439 g/mol. The van der Waals surface area contributed by atoms with Crippen molar-refractivity contribution in [1.82, 2.24) is 9.97 Å². The summed E-state index contributed by atoms with van der Waals surface area (Å²) in [6, 6.07) is 7.94. The number of hydrogen-bond acceptors (Lipinski definition) is 7. The molecule has 2 aromatic rings. The number of nitrogens with zero attached hydrogens (tertiary/aromatic N) is 4. The quantitative estimate of drug-likeness (QED) is 0.277. The van der Waals surface area contributed by atoms with Crippen molar-refractivity contribution in [3.8, 4) is 5.75 Å². The number of aromatic nitrogens is 2. The standard InChI is InChI=1S/C25H34N4O3/c1-5-6-14-30-22-13-12-21(26-16-22)15-27-31-17-25(3,4)18-32-29-23-9-7-8-20-11-10-19(2)28-24(20)23/h10-13,15-16H,5-9,14,17-18H2,1-4H3/b27-15+,29-23+. The minimum atomic E-state index is -0.247. The zero-order valence-corrected chi connectivity index (χ0v) is 19.6. The maximum absolute atomic E-state index is 5.69. The van der Waals surface area contributed by atoms with Crippen LogP contribution in [0.4, 0.5) is 0 Å². The summed E-state index contributed by atoms with van der Waals surface area (Å²) >= 11 is 0. The monoisotopic (exact) mass is 438 g/mol. The molecule has 0 aliphatic heterocycles. The minimum Gasteiger partial charge on any atom is -0.492 e. The van der Waals surface area contributed by atoms with Crippen molar-refractivity contribution in [2.45, 2.75) is 59.8 Å². The fourth-order valence-electron chi connectivity index (χ4n) is 3.21. The van der Waals surface area contributed by atoms with Crippen LogP contribution in [0.1, 0.15) is 69.1 Å². The summed E-state index contributed by atoms with van der Waals surface area (Å²) in [4.78, 5) is 20.1. The van der Waals surface area contributed by atoms with Crippen LogP contribution in [-0.2, 0) is 16.1 Å². The van der Waals surface area contributed by atoms with E-state index in [2.05, 4.69) is 53.2 Å². The number of unbranched alkanes of at least 4 members (excludes halogenated alkanes) is 1. The van der Waals surface area contributed by atoms with Crippen molar-refractivity contribution in [3.63, 3.8) is 0 Å². The summed E-state index contributed by atoms with van der Waals surface area (Å²) in [5.41, 5.74) is 4.62. The van der Waals surface area contributed by atoms with Crippen molar-refractivity contribution in [2.24, 2.45) is 15.7 Å². The number of hydrogen-bond donors (Lipinski definition) is 0. The molecule has 7 nitrogen and oxygen atoms in total. The van der Waals surface area contributed by atoms with Crippen molar-refractivity contribution >= 4 is 11.9 Å². The molecule has 0 saturated carbocycles. The van der Waals surface area contributed by atoms with E-state index in [1.54, 1.807) is 12.4 Å². The molecule has 1 aliphatic rings. The van der Waals surface area contributed by atoms with Gasteiger partial charge in [-0.15, -0.1) is 0 Å². The summed E-state index contributed by atoms with van der Waals surface area (Å²) in [5.74, 6) is 0.766. The molecule has 0 atom stereocenters. The lowest BCUT2D eigenvalue weighted by atomic mass is 9.94. The highest BCUT2D eigenvalue weighted by Crippen LogP contribution is 2.22. The second kappa shape index (κ2) is 11.6. The summed E-state index contributed by atoms with van der Waals surface area (Å²) in [5, 5.41) is 8.44. The molecule has 0 amide bonds. The first-order chi connectivity index (χ1) is 15.5. The number of fused-ring (bicyclic) bond motifs is 1. The van der Waals surface area contributed by atoms with E-state index in [-0.39, 0.29) is 5.41 Å². The van der Waals surface area contributed by atoms with E-state index in [4.69, 9.17) is 14.4 Å². The van der Waals surface area contributed by atoms with E-state index >= 15 is 0 Å². The molecule has 1 aliphatic carbocycles. The van der Waals surface area contributed by atoms with Gasteiger partial charge < -0.3 is 14.4 Å². The SMILES string of the molecule is CCCCOc1ccc(/C=N/OCC(C)(C)CO/N=C2\CCCc3ccc(C)nc32)nc1. The van der Waals surface area contributed by atoms with Gasteiger partial charge in [-0.3, -0.25) is 9.97 Å². The van der Waals surface area contributed by atoms with Crippen LogP contribution in [0, 0.1) is 12.3 Å². The number of aryl methyl sites for hydroxylation is 2. The van der Waals surface area contributed by atoms with E-state index < -0.39 is 0 Å². The Hall–Kier alpha value is -2.96. The van der Waals surface area contributed by atoms with Crippen LogP contribution in [0.3, 0.4) is 0 Å². The van der Waals surface area contributed by atoms with Crippen LogP contribution in [0.15, 0.2) is 40.8 Å². The lowest BCUT2D eigenvalue weighted by Crippen LogP contribution is -2.24. The van der Waals surface area contributed by atoms with Gasteiger partial charge in [0.15, 0.2) is 0 Å². The zero-order chi connectivity index (χ0) is 22.8. The van der Waals surface area contributed by atoms with Gasteiger partial charge in [0.05, 0.1) is 30.4 Å². The minimum absolute atomic E-state index is 0.247. The highest BCUT2D eigenvalue weighted by atomic mass is 16.6. The third-order valence-electron chi connectivity index (χ3n) is 5.12. The van der Waals surface area contributed by atoms with Gasteiger partial charge in [0.1, 0.15) is 24.7 Å². The van der Waals surface area contributed by atoms with E-state index in [0.717, 1.165) is 55.0 Å². The number of ether oxygens (including phenoxy) is 1. The van der Waals surface area contributed by atoms with Gasteiger partial charge in [-0.05, 0) is 56.4 Å². The Labute approximate surface area is 190 Å². The molecule has 32 heavy (non-hydrogen) atoms. The second-order valence-electron chi connectivity index (χ2n) is 8.92. The predicted octanol–water partition coefficient (Wildman–Crippen LogP) is 5.10. The normalized spacial score (nSPS) is 15.1. The number of rotatable bonds is 11. The van der Waals surface area contributed by atoms with Crippen molar-refractivity contribution in [1.29, 1.82) is 0 Å². The van der Waals surface area contributed by atoms with Crippen LogP contribution in [0.2, 0.25) is 0 Å². The molecule has 7 heteroatoms. The Morgan fingerprint density at radius 2 is 1.94 bits per heavy atom. The first-order valence-corrected chi connectivity index (χ1v) is 11.4. The Morgan fingerprint density at radius 3 is 2.72 bits per heavy atom. The van der Waals surface area contributed by atoms with Crippen LogP contribution >= 0.6 is 0 Å². The highest BCUT2D eigenvalue weighted by Gasteiger charge is 2.22. The molecule has 0 saturated heterocycles. The molecule has 2 aromatic heterocycles. The fraction of sp³-hybridized carbons (Fsp3) is 0.520. The summed E-state index contributed by atoms with van der Waals surface area (Å²) in [7, 11) is 0. The molecule has 0 bridgehead atoms. The first-order valence-electron chi connectivity index (χ1n) is 11.4.